The Hall–Kier alpha value is -1.67. The van der Waals surface area contributed by atoms with E-state index in [1.807, 2.05) is 30.3 Å². The fourth-order valence-electron chi connectivity index (χ4n) is 1.75. The molecule has 114 valence electrons. The number of carbonyl (C=O) groups excluding carboxylic acids is 1. The predicted octanol–water partition coefficient (Wildman–Crippen LogP) is 2.46. The van der Waals surface area contributed by atoms with Gasteiger partial charge in [-0.1, -0.05) is 32.9 Å². The van der Waals surface area contributed by atoms with E-state index in [0.29, 0.717) is 11.4 Å². The van der Waals surface area contributed by atoms with Gasteiger partial charge < -0.3 is 4.90 Å². The molecule has 1 rings (SSSR count). The average molecular weight is 306 g/mol. The first-order valence-electron chi connectivity index (χ1n) is 6.85. The second-order valence-electron chi connectivity index (χ2n) is 5.99. The summed E-state index contributed by atoms with van der Waals surface area (Å²) in [4.78, 5) is 14.0. The van der Waals surface area contributed by atoms with E-state index in [1.165, 1.54) is 10.5 Å². The van der Waals surface area contributed by atoms with Crippen LogP contribution < -0.4 is 0 Å². The van der Waals surface area contributed by atoms with E-state index in [1.54, 1.807) is 7.05 Å². The number of hydrogen-bond acceptors (Lipinski definition) is 3. The van der Waals surface area contributed by atoms with Crippen molar-refractivity contribution in [3.05, 3.63) is 29.8 Å². The number of rotatable bonds is 5. The molecule has 0 N–H and O–H groups in total. The van der Waals surface area contributed by atoms with E-state index < -0.39 is 10.8 Å². The van der Waals surface area contributed by atoms with Crippen molar-refractivity contribution >= 4 is 16.7 Å². The van der Waals surface area contributed by atoms with Gasteiger partial charge in [0.2, 0.25) is 5.91 Å². The molecule has 1 atom stereocenters. The van der Waals surface area contributed by atoms with Gasteiger partial charge in [-0.15, -0.1) is 0 Å². The van der Waals surface area contributed by atoms with Crippen molar-refractivity contribution in [1.82, 2.24) is 4.90 Å². The summed E-state index contributed by atoms with van der Waals surface area (Å²) in [6.45, 7) is 6.72. The molecule has 1 aromatic carbocycles. The van der Waals surface area contributed by atoms with Crippen LogP contribution in [0.3, 0.4) is 0 Å². The molecule has 0 aromatic heterocycles. The van der Waals surface area contributed by atoms with Crippen LogP contribution in [0.4, 0.5) is 0 Å². The van der Waals surface area contributed by atoms with Crippen LogP contribution in [0.15, 0.2) is 29.2 Å². The lowest BCUT2D eigenvalue weighted by atomic mass is 9.87. The maximum absolute atomic E-state index is 12.2. The predicted molar refractivity (Wildman–Crippen MR) is 84.3 cm³/mol. The van der Waals surface area contributed by atoms with E-state index in [0.717, 1.165) is 0 Å². The number of nitrogens with zero attached hydrogens (tertiary/aromatic N) is 2. The molecule has 1 aromatic rings. The topological polar surface area (TPSA) is 61.2 Å². The molecular weight excluding hydrogens is 284 g/mol. The summed E-state index contributed by atoms with van der Waals surface area (Å²) in [5, 5.41) is 8.50. The summed E-state index contributed by atoms with van der Waals surface area (Å²) >= 11 is 0. The third-order valence-corrected chi connectivity index (χ3v) is 4.53. The van der Waals surface area contributed by atoms with Crippen LogP contribution in [0, 0.1) is 11.3 Å². The van der Waals surface area contributed by atoms with E-state index in [-0.39, 0.29) is 23.5 Å². The second-order valence-corrected chi connectivity index (χ2v) is 7.44. The molecule has 0 fully saturated rings. The molecule has 5 heteroatoms. The van der Waals surface area contributed by atoms with Crippen LogP contribution in [0.1, 0.15) is 32.8 Å². The molecule has 0 saturated carbocycles. The Balaban J connectivity index is 2.68. The highest BCUT2D eigenvalue weighted by molar-refractivity contribution is 7.85. The Labute approximate surface area is 129 Å². The molecule has 0 aliphatic rings. The van der Waals surface area contributed by atoms with Crippen molar-refractivity contribution < 1.29 is 9.00 Å². The minimum atomic E-state index is -1.35. The number of amides is 1. The van der Waals surface area contributed by atoms with Crippen molar-refractivity contribution in [3.8, 4) is 6.07 Å². The minimum Gasteiger partial charge on any atom is -0.344 e. The van der Waals surface area contributed by atoms with Gasteiger partial charge in [0.15, 0.2) is 0 Å². The van der Waals surface area contributed by atoms with E-state index in [9.17, 15) is 9.00 Å². The highest BCUT2D eigenvalue weighted by atomic mass is 32.2. The van der Waals surface area contributed by atoms with E-state index in [2.05, 4.69) is 20.8 Å². The Kier molecular flexibility index (Phi) is 6.10. The van der Waals surface area contributed by atoms with Crippen LogP contribution in [-0.4, -0.2) is 34.4 Å². The first-order chi connectivity index (χ1) is 9.75. The summed E-state index contributed by atoms with van der Waals surface area (Å²) < 4.78 is 12.2. The molecule has 0 bridgehead atoms. The third kappa shape index (κ3) is 5.31. The molecule has 0 heterocycles. The van der Waals surface area contributed by atoms with Gasteiger partial charge in [-0.05, 0) is 23.1 Å². The van der Waals surface area contributed by atoms with Gasteiger partial charge in [0.1, 0.15) is 5.75 Å². The average Bonchev–Trinajstić information content (AvgIpc) is 2.43. The summed E-state index contributed by atoms with van der Waals surface area (Å²) in [5.74, 6) is -0.250. The van der Waals surface area contributed by atoms with E-state index in [4.69, 9.17) is 5.26 Å². The number of hydrogen-bond donors (Lipinski definition) is 0. The number of nitriles is 1. The van der Waals surface area contributed by atoms with Gasteiger partial charge >= 0.3 is 0 Å². The SMILES string of the molecule is CN(CCC#N)C(=O)CS(=O)c1ccc(C(C)(C)C)cc1. The lowest BCUT2D eigenvalue weighted by molar-refractivity contribution is -0.127. The standard InChI is InChI=1S/C16H22N2O2S/c1-16(2,3)13-6-8-14(9-7-13)21(20)12-15(19)18(4)11-5-10-17/h6-9H,5,11-12H2,1-4H3. The smallest absolute Gasteiger partial charge is 0.235 e. The molecular formula is C16H22N2O2S. The molecule has 4 nitrogen and oxygen atoms in total. The zero-order valence-electron chi connectivity index (χ0n) is 13.0. The maximum atomic E-state index is 12.2. The molecule has 0 radical (unpaired) electrons. The van der Waals surface area contributed by atoms with E-state index >= 15 is 0 Å². The van der Waals surface area contributed by atoms with Crippen molar-refractivity contribution in [1.29, 1.82) is 5.26 Å². The molecule has 0 saturated heterocycles. The van der Waals surface area contributed by atoms with Gasteiger partial charge in [0, 0.05) is 18.5 Å². The summed E-state index contributed by atoms with van der Waals surface area (Å²) in [6.07, 6.45) is 0.287. The lowest BCUT2D eigenvalue weighted by Gasteiger charge is -2.19. The summed E-state index contributed by atoms with van der Waals surface area (Å²) in [5.41, 5.74) is 1.22. The van der Waals surface area contributed by atoms with Gasteiger partial charge in [0.05, 0.1) is 23.3 Å². The fraction of sp³-hybridized carbons (Fsp3) is 0.500. The Morgan fingerprint density at radius 3 is 2.33 bits per heavy atom. The van der Waals surface area contributed by atoms with Crippen molar-refractivity contribution in [2.45, 2.75) is 37.5 Å². The largest absolute Gasteiger partial charge is 0.344 e. The number of carbonyl (C=O) groups is 1. The Morgan fingerprint density at radius 1 is 1.29 bits per heavy atom. The second kappa shape index (κ2) is 7.37. The highest BCUT2D eigenvalue weighted by Crippen LogP contribution is 2.23. The van der Waals surface area contributed by atoms with Gasteiger partial charge in [-0.25, -0.2) is 0 Å². The third-order valence-electron chi connectivity index (χ3n) is 3.22. The van der Waals surface area contributed by atoms with Crippen LogP contribution in [0.5, 0.6) is 0 Å². The number of benzene rings is 1. The fourth-order valence-corrected chi connectivity index (χ4v) is 2.81. The molecule has 1 unspecified atom stereocenters. The van der Waals surface area contributed by atoms with Crippen LogP contribution in [0.2, 0.25) is 0 Å². The molecule has 0 spiro atoms. The first kappa shape index (κ1) is 17.4. The highest BCUT2D eigenvalue weighted by Gasteiger charge is 2.16. The zero-order chi connectivity index (χ0) is 16.0. The van der Waals surface area contributed by atoms with Crippen molar-refractivity contribution in [3.63, 3.8) is 0 Å². The Bertz CT molecular complexity index is 553. The molecule has 21 heavy (non-hydrogen) atoms. The van der Waals surface area contributed by atoms with Gasteiger partial charge in [0.25, 0.3) is 0 Å². The van der Waals surface area contributed by atoms with Crippen molar-refractivity contribution in [2.75, 3.05) is 19.3 Å². The normalized spacial score (nSPS) is 12.5. The Morgan fingerprint density at radius 2 is 1.86 bits per heavy atom. The summed E-state index contributed by atoms with van der Waals surface area (Å²) in [7, 11) is 0.276. The first-order valence-corrected chi connectivity index (χ1v) is 8.17. The quantitative estimate of drug-likeness (QED) is 0.839. The summed E-state index contributed by atoms with van der Waals surface area (Å²) in [6, 6.07) is 9.54. The minimum absolute atomic E-state index is 0.0448. The molecule has 1 amide bonds. The van der Waals surface area contributed by atoms with Gasteiger partial charge in [-0.3, -0.25) is 9.00 Å². The van der Waals surface area contributed by atoms with Crippen molar-refractivity contribution in [2.24, 2.45) is 0 Å². The van der Waals surface area contributed by atoms with Gasteiger partial charge in [-0.2, -0.15) is 5.26 Å². The lowest BCUT2D eigenvalue weighted by Crippen LogP contribution is -2.31. The van der Waals surface area contributed by atoms with Crippen LogP contribution in [-0.2, 0) is 21.0 Å². The molecule has 0 aliphatic heterocycles. The monoisotopic (exact) mass is 306 g/mol. The maximum Gasteiger partial charge on any atom is 0.235 e. The molecule has 0 aliphatic carbocycles. The van der Waals surface area contributed by atoms with Crippen LogP contribution >= 0.6 is 0 Å². The zero-order valence-corrected chi connectivity index (χ0v) is 13.9. The van der Waals surface area contributed by atoms with Crippen LogP contribution in [0.25, 0.3) is 0 Å².